The fraction of sp³-hybridized carbons (Fsp3) is 0.160. The van der Waals surface area contributed by atoms with Crippen molar-refractivity contribution in [2.75, 3.05) is 6.54 Å². The molecule has 1 heterocycles. The number of benzene rings is 2. The van der Waals surface area contributed by atoms with E-state index in [-0.39, 0.29) is 0 Å². The number of hydrogen-bond acceptors (Lipinski definition) is 5. The summed E-state index contributed by atoms with van der Waals surface area (Å²) in [5.41, 5.74) is 3.83. The second-order valence-corrected chi connectivity index (χ2v) is 7.49. The highest BCUT2D eigenvalue weighted by Crippen LogP contribution is 2.16. The summed E-state index contributed by atoms with van der Waals surface area (Å²) in [4.78, 5) is 16.5. The van der Waals surface area contributed by atoms with Gasteiger partial charge in [-0.2, -0.15) is 5.26 Å². The van der Waals surface area contributed by atoms with Crippen molar-refractivity contribution in [3.63, 3.8) is 0 Å². The van der Waals surface area contributed by atoms with Crippen LogP contribution < -0.4 is 10.6 Å². The van der Waals surface area contributed by atoms with Crippen molar-refractivity contribution >= 4 is 24.8 Å². The number of urea groups is 1. The molecule has 0 bridgehead atoms. The molecule has 8 heteroatoms. The summed E-state index contributed by atoms with van der Waals surface area (Å²) in [5, 5.41) is 34.1. The SMILES string of the molecule is N#CC(=Cc1cccc(CCNC(=O)N[C@@H](Cc2ccccc2)B(O)O)c1)c1ccccn1. The number of amides is 2. The zero-order valence-electron chi connectivity index (χ0n) is 18.1. The maximum absolute atomic E-state index is 12.2. The Balaban J connectivity index is 1.54. The first kappa shape index (κ1) is 23.7. The number of allylic oxidation sites excluding steroid dienone is 1. The molecular weight excluding hydrogens is 415 g/mol. The molecular formula is C25H25BN4O3. The molecule has 0 radical (unpaired) electrons. The second-order valence-electron chi connectivity index (χ2n) is 7.49. The van der Waals surface area contributed by atoms with Crippen LogP contribution in [0.1, 0.15) is 22.4 Å². The first-order valence-corrected chi connectivity index (χ1v) is 10.6. The Morgan fingerprint density at radius 3 is 2.52 bits per heavy atom. The highest BCUT2D eigenvalue weighted by Gasteiger charge is 2.25. The largest absolute Gasteiger partial charge is 0.475 e. The molecule has 166 valence electrons. The molecule has 3 rings (SSSR count). The van der Waals surface area contributed by atoms with Gasteiger partial charge in [0.25, 0.3) is 0 Å². The normalized spacial score (nSPS) is 11.8. The van der Waals surface area contributed by atoms with Gasteiger partial charge in [0.1, 0.15) is 6.07 Å². The smallest absolute Gasteiger partial charge is 0.426 e. The first-order valence-electron chi connectivity index (χ1n) is 10.6. The average molecular weight is 440 g/mol. The molecule has 0 fully saturated rings. The maximum Gasteiger partial charge on any atom is 0.475 e. The number of nitrogens with zero attached hydrogens (tertiary/aromatic N) is 2. The molecule has 33 heavy (non-hydrogen) atoms. The van der Waals surface area contributed by atoms with Crippen LogP contribution in [0.15, 0.2) is 79.0 Å². The Labute approximate surface area is 193 Å². The molecule has 2 amide bonds. The van der Waals surface area contributed by atoms with Crippen molar-refractivity contribution in [2.45, 2.75) is 18.8 Å². The van der Waals surface area contributed by atoms with Crippen LogP contribution in [0.2, 0.25) is 0 Å². The van der Waals surface area contributed by atoms with Crippen molar-refractivity contribution in [2.24, 2.45) is 0 Å². The van der Waals surface area contributed by atoms with Crippen LogP contribution in [0.5, 0.6) is 0 Å². The molecule has 0 saturated carbocycles. The summed E-state index contributed by atoms with van der Waals surface area (Å²) in [6.45, 7) is 0.365. The second kappa shape index (κ2) is 12.2. The van der Waals surface area contributed by atoms with E-state index in [1.165, 1.54) is 0 Å². The zero-order valence-corrected chi connectivity index (χ0v) is 18.1. The Morgan fingerprint density at radius 1 is 1.06 bits per heavy atom. The lowest BCUT2D eigenvalue weighted by atomic mass is 9.76. The minimum Gasteiger partial charge on any atom is -0.426 e. The molecule has 2 aromatic carbocycles. The topological polar surface area (TPSA) is 118 Å². The van der Waals surface area contributed by atoms with E-state index in [1.807, 2.05) is 60.7 Å². The van der Waals surface area contributed by atoms with Crippen LogP contribution in [0.4, 0.5) is 4.79 Å². The fourth-order valence-electron chi connectivity index (χ4n) is 3.33. The van der Waals surface area contributed by atoms with E-state index in [0.717, 1.165) is 16.7 Å². The van der Waals surface area contributed by atoms with Crippen LogP contribution >= 0.6 is 0 Å². The summed E-state index contributed by atoms with van der Waals surface area (Å²) in [7, 11) is -1.67. The van der Waals surface area contributed by atoms with Gasteiger partial charge in [0.15, 0.2) is 0 Å². The Kier molecular flexibility index (Phi) is 8.77. The van der Waals surface area contributed by atoms with E-state index in [9.17, 15) is 20.1 Å². The van der Waals surface area contributed by atoms with Crippen molar-refractivity contribution in [3.05, 3.63) is 101 Å². The lowest BCUT2D eigenvalue weighted by molar-refractivity contribution is 0.237. The number of aromatic nitrogens is 1. The lowest BCUT2D eigenvalue weighted by Crippen LogP contribution is -2.51. The quantitative estimate of drug-likeness (QED) is 0.301. The third kappa shape index (κ3) is 7.61. The van der Waals surface area contributed by atoms with E-state index in [1.54, 1.807) is 24.4 Å². The summed E-state index contributed by atoms with van der Waals surface area (Å²) in [6.07, 6.45) is 4.31. The minimum atomic E-state index is -1.67. The van der Waals surface area contributed by atoms with Crippen molar-refractivity contribution in [1.82, 2.24) is 15.6 Å². The maximum atomic E-state index is 12.2. The number of carbonyl (C=O) groups is 1. The monoisotopic (exact) mass is 440 g/mol. The summed E-state index contributed by atoms with van der Waals surface area (Å²) in [5.74, 6) is -0.822. The number of nitrogens with one attached hydrogen (secondary N) is 2. The standard InChI is InChI=1S/C25H25BN4O3/c27-18-22(23-11-4-5-13-28-23)16-21-10-6-9-20(15-21)12-14-29-25(31)30-24(26(32)33)17-19-7-2-1-3-8-19/h1-11,13,15-16,24,32-33H,12,14,17H2,(H2,29,30,31)/t24-/m0/s1. The number of pyridine rings is 1. The van der Waals surface area contributed by atoms with E-state index < -0.39 is 19.1 Å². The van der Waals surface area contributed by atoms with E-state index in [4.69, 9.17) is 0 Å². The van der Waals surface area contributed by atoms with E-state index >= 15 is 0 Å². The van der Waals surface area contributed by atoms with Gasteiger partial charge >= 0.3 is 13.1 Å². The molecule has 0 unspecified atom stereocenters. The molecule has 0 aliphatic rings. The fourth-order valence-corrected chi connectivity index (χ4v) is 3.33. The predicted octanol–water partition coefficient (Wildman–Crippen LogP) is 2.61. The molecule has 0 aliphatic heterocycles. The van der Waals surface area contributed by atoms with Gasteiger partial charge in [-0.05, 0) is 47.7 Å². The van der Waals surface area contributed by atoms with Crippen LogP contribution in [-0.2, 0) is 12.8 Å². The Hall–Kier alpha value is -3.93. The van der Waals surface area contributed by atoms with Gasteiger partial charge in [-0.1, -0.05) is 60.7 Å². The van der Waals surface area contributed by atoms with Crippen LogP contribution in [0.25, 0.3) is 11.6 Å². The molecule has 0 saturated heterocycles. The molecule has 0 spiro atoms. The molecule has 1 aromatic heterocycles. The van der Waals surface area contributed by atoms with Gasteiger partial charge in [0, 0.05) is 12.7 Å². The van der Waals surface area contributed by atoms with Crippen molar-refractivity contribution in [1.29, 1.82) is 5.26 Å². The summed E-state index contributed by atoms with van der Waals surface area (Å²) >= 11 is 0. The summed E-state index contributed by atoms with van der Waals surface area (Å²) in [6, 6.07) is 24.1. The number of hydrogen-bond donors (Lipinski definition) is 4. The van der Waals surface area contributed by atoms with Gasteiger partial charge in [-0.25, -0.2) is 4.79 Å². The molecule has 0 aliphatic carbocycles. The first-order chi connectivity index (χ1) is 16.0. The van der Waals surface area contributed by atoms with Gasteiger partial charge in [-0.15, -0.1) is 0 Å². The highest BCUT2D eigenvalue weighted by molar-refractivity contribution is 6.43. The van der Waals surface area contributed by atoms with Gasteiger partial charge in [0.2, 0.25) is 0 Å². The summed E-state index contributed by atoms with van der Waals surface area (Å²) < 4.78 is 0. The molecule has 3 aromatic rings. The number of rotatable bonds is 9. The minimum absolute atomic E-state index is 0.303. The Morgan fingerprint density at radius 2 is 1.82 bits per heavy atom. The van der Waals surface area contributed by atoms with Gasteiger partial charge < -0.3 is 20.7 Å². The van der Waals surface area contributed by atoms with E-state index in [0.29, 0.717) is 30.7 Å². The average Bonchev–Trinajstić information content (AvgIpc) is 2.83. The van der Waals surface area contributed by atoms with Crippen molar-refractivity contribution in [3.8, 4) is 6.07 Å². The zero-order chi connectivity index (χ0) is 23.5. The van der Waals surface area contributed by atoms with Crippen LogP contribution in [0.3, 0.4) is 0 Å². The molecule has 4 N–H and O–H groups in total. The highest BCUT2D eigenvalue weighted by atomic mass is 16.4. The van der Waals surface area contributed by atoms with Crippen molar-refractivity contribution < 1.29 is 14.8 Å². The van der Waals surface area contributed by atoms with E-state index in [2.05, 4.69) is 21.7 Å². The third-order valence-electron chi connectivity index (χ3n) is 5.00. The number of nitriles is 1. The molecule has 7 nitrogen and oxygen atoms in total. The Bertz CT molecular complexity index is 1120. The number of carbonyl (C=O) groups excluding carboxylic acids is 1. The van der Waals surface area contributed by atoms with Gasteiger partial charge in [0.05, 0.1) is 17.2 Å². The molecule has 1 atom stereocenters. The van der Waals surface area contributed by atoms with Gasteiger partial charge in [-0.3, -0.25) is 4.98 Å². The lowest BCUT2D eigenvalue weighted by Gasteiger charge is -2.18. The predicted molar refractivity (Wildman–Crippen MR) is 129 cm³/mol. The van der Waals surface area contributed by atoms with Crippen LogP contribution in [0, 0.1) is 11.3 Å². The third-order valence-corrected chi connectivity index (χ3v) is 5.00. The van der Waals surface area contributed by atoms with Crippen LogP contribution in [-0.4, -0.2) is 40.7 Å².